The van der Waals surface area contributed by atoms with E-state index < -0.39 is 5.63 Å². The molecular formula is C15H10ClNO3S. The van der Waals surface area contributed by atoms with Crippen molar-refractivity contribution in [1.82, 2.24) is 4.98 Å². The minimum Gasteiger partial charge on any atom is -0.506 e. The third-order valence-electron chi connectivity index (χ3n) is 2.91. The van der Waals surface area contributed by atoms with E-state index in [-0.39, 0.29) is 10.8 Å². The molecule has 3 rings (SSSR count). The van der Waals surface area contributed by atoms with Crippen molar-refractivity contribution in [2.75, 3.05) is 0 Å². The van der Waals surface area contributed by atoms with E-state index in [9.17, 15) is 9.90 Å². The summed E-state index contributed by atoms with van der Waals surface area (Å²) in [5, 5.41) is 11.4. The maximum Gasteiger partial charge on any atom is 0.336 e. The van der Waals surface area contributed by atoms with Gasteiger partial charge in [0.25, 0.3) is 0 Å². The number of thioether (sulfide) groups is 1. The van der Waals surface area contributed by atoms with Crippen molar-refractivity contribution in [1.29, 1.82) is 0 Å². The van der Waals surface area contributed by atoms with E-state index in [0.717, 1.165) is 10.6 Å². The number of nitrogens with zero attached hydrogens (tertiary/aromatic N) is 1. The van der Waals surface area contributed by atoms with Crippen molar-refractivity contribution in [3.8, 4) is 5.75 Å². The number of benzene rings is 1. The Hall–Kier alpha value is -1.98. The molecule has 0 bridgehead atoms. The highest BCUT2D eigenvalue weighted by Gasteiger charge is 2.10. The van der Waals surface area contributed by atoms with Gasteiger partial charge in [-0.25, -0.2) is 9.78 Å². The number of fused-ring (bicyclic) bond motifs is 1. The van der Waals surface area contributed by atoms with Gasteiger partial charge in [0, 0.05) is 29.5 Å². The van der Waals surface area contributed by atoms with Crippen LogP contribution in [0.25, 0.3) is 11.0 Å². The zero-order valence-corrected chi connectivity index (χ0v) is 12.3. The summed E-state index contributed by atoms with van der Waals surface area (Å²) in [7, 11) is 0. The lowest BCUT2D eigenvalue weighted by atomic mass is 10.1. The molecule has 0 aliphatic rings. The first-order valence-corrected chi connectivity index (χ1v) is 7.49. The van der Waals surface area contributed by atoms with Gasteiger partial charge in [0.05, 0.1) is 10.0 Å². The van der Waals surface area contributed by atoms with E-state index >= 15 is 0 Å². The van der Waals surface area contributed by atoms with Gasteiger partial charge in [0.1, 0.15) is 11.3 Å². The Labute approximate surface area is 129 Å². The molecule has 4 nitrogen and oxygen atoms in total. The number of aromatic nitrogens is 1. The Bertz CT molecular complexity index is 849. The van der Waals surface area contributed by atoms with Crippen LogP contribution >= 0.6 is 23.4 Å². The second-order valence-corrected chi connectivity index (χ2v) is 5.75. The predicted octanol–water partition coefficient (Wildman–Crippen LogP) is 3.84. The Morgan fingerprint density at radius 2 is 2.14 bits per heavy atom. The number of hydrogen-bond donors (Lipinski definition) is 1. The van der Waals surface area contributed by atoms with E-state index in [0.29, 0.717) is 16.7 Å². The van der Waals surface area contributed by atoms with Crippen LogP contribution in [0.1, 0.15) is 5.56 Å². The lowest BCUT2D eigenvalue weighted by Gasteiger charge is -2.06. The second kappa shape index (κ2) is 5.79. The fourth-order valence-electron chi connectivity index (χ4n) is 1.94. The average Bonchev–Trinajstić information content (AvgIpc) is 2.48. The van der Waals surface area contributed by atoms with Crippen LogP contribution in [0.4, 0.5) is 0 Å². The highest BCUT2D eigenvalue weighted by atomic mass is 35.5. The van der Waals surface area contributed by atoms with Crippen molar-refractivity contribution >= 4 is 34.3 Å². The molecule has 0 saturated heterocycles. The van der Waals surface area contributed by atoms with E-state index in [4.69, 9.17) is 16.0 Å². The van der Waals surface area contributed by atoms with Crippen LogP contribution in [-0.2, 0) is 5.75 Å². The first-order chi connectivity index (χ1) is 10.1. The van der Waals surface area contributed by atoms with Gasteiger partial charge >= 0.3 is 5.63 Å². The van der Waals surface area contributed by atoms with Gasteiger partial charge < -0.3 is 9.52 Å². The van der Waals surface area contributed by atoms with E-state index in [1.807, 2.05) is 18.2 Å². The molecule has 0 amide bonds. The average molecular weight is 320 g/mol. The number of rotatable bonds is 3. The summed E-state index contributed by atoms with van der Waals surface area (Å²) in [6.07, 6.45) is 1.72. The van der Waals surface area contributed by atoms with Gasteiger partial charge in [-0.2, -0.15) is 0 Å². The molecule has 0 fully saturated rings. The summed E-state index contributed by atoms with van der Waals surface area (Å²) in [6, 6.07) is 10.0. The molecule has 1 N–H and O–H groups in total. The first-order valence-electron chi connectivity index (χ1n) is 6.12. The molecule has 2 heterocycles. The molecule has 0 saturated carbocycles. The van der Waals surface area contributed by atoms with Crippen molar-refractivity contribution in [3.63, 3.8) is 0 Å². The molecule has 0 unspecified atom stereocenters. The van der Waals surface area contributed by atoms with Crippen LogP contribution in [0.5, 0.6) is 5.75 Å². The summed E-state index contributed by atoms with van der Waals surface area (Å²) in [6.45, 7) is 0. The third-order valence-corrected chi connectivity index (χ3v) is 4.21. The molecule has 0 spiro atoms. The molecule has 21 heavy (non-hydrogen) atoms. The quantitative estimate of drug-likeness (QED) is 0.587. The lowest BCUT2D eigenvalue weighted by Crippen LogP contribution is -2.00. The summed E-state index contributed by atoms with van der Waals surface area (Å²) in [4.78, 5) is 15.8. The molecule has 0 radical (unpaired) electrons. The number of pyridine rings is 1. The molecule has 0 aliphatic carbocycles. The van der Waals surface area contributed by atoms with Gasteiger partial charge in [-0.15, -0.1) is 11.8 Å². The summed E-state index contributed by atoms with van der Waals surface area (Å²) >= 11 is 7.44. The van der Waals surface area contributed by atoms with Gasteiger partial charge in [-0.3, -0.25) is 0 Å². The standard InChI is InChI=1S/C15H10ClNO3S/c16-11-6-10-9(8-21-14-3-1-2-4-17-14)5-15(19)20-13(10)7-12(11)18/h1-7,18H,8H2. The van der Waals surface area contributed by atoms with Gasteiger partial charge in [0.15, 0.2) is 0 Å². The fourth-order valence-corrected chi connectivity index (χ4v) is 2.96. The summed E-state index contributed by atoms with van der Waals surface area (Å²) in [5.41, 5.74) is 0.653. The zero-order valence-electron chi connectivity index (χ0n) is 10.7. The molecule has 106 valence electrons. The summed E-state index contributed by atoms with van der Waals surface area (Å²) < 4.78 is 5.09. The maximum absolute atomic E-state index is 11.6. The summed E-state index contributed by atoms with van der Waals surface area (Å²) in [5.74, 6) is 0.446. The minimum atomic E-state index is -0.458. The van der Waals surface area contributed by atoms with Crippen molar-refractivity contribution < 1.29 is 9.52 Å². The maximum atomic E-state index is 11.6. The molecular weight excluding hydrogens is 310 g/mol. The molecule has 0 atom stereocenters. The van der Waals surface area contributed by atoms with Crippen molar-refractivity contribution in [2.45, 2.75) is 10.8 Å². The van der Waals surface area contributed by atoms with Crippen LogP contribution in [0, 0.1) is 0 Å². The number of phenolic OH excluding ortho intramolecular Hbond substituents is 1. The number of hydrogen-bond acceptors (Lipinski definition) is 5. The number of halogens is 1. The topological polar surface area (TPSA) is 63.3 Å². The monoisotopic (exact) mass is 319 g/mol. The first kappa shape index (κ1) is 14.0. The van der Waals surface area contributed by atoms with Crippen molar-refractivity contribution in [2.24, 2.45) is 0 Å². The highest BCUT2D eigenvalue weighted by molar-refractivity contribution is 7.98. The Morgan fingerprint density at radius 1 is 1.29 bits per heavy atom. The Morgan fingerprint density at radius 3 is 2.90 bits per heavy atom. The van der Waals surface area contributed by atoms with Crippen LogP contribution in [-0.4, -0.2) is 10.1 Å². The van der Waals surface area contributed by atoms with E-state index in [2.05, 4.69) is 4.98 Å². The van der Waals surface area contributed by atoms with Gasteiger partial charge in [0.2, 0.25) is 0 Å². The number of phenols is 1. The highest BCUT2D eigenvalue weighted by Crippen LogP contribution is 2.32. The normalized spacial score (nSPS) is 10.9. The SMILES string of the molecule is O=c1cc(CSc2ccccn2)c2cc(Cl)c(O)cc2o1. The van der Waals surface area contributed by atoms with Crippen LogP contribution < -0.4 is 5.63 Å². The Balaban J connectivity index is 2.01. The molecule has 3 aromatic rings. The minimum absolute atomic E-state index is 0.109. The molecule has 6 heteroatoms. The van der Waals surface area contributed by atoms with Crippen LogP contribution in [0.15, 0.2) is 56.8 Å². The fraction of sp³-hybridized carbons (Fsp3) is 0.0667. The third kappa shape index (κ3) is 3.04. The zero-order chi connectivity index (χ0) is 14.8. The second-order valence-electron chi connectivity index (χ2n) is 4.35. The van der Waals surface area contributed by atoms with Crippen LogP contribution in [0.3, 0.4) is 0 Å². The van der Waals surface area contributed by atoms with Gasteiger partial charge in [-0.05, 0) is 23.8 Å². The molecule has 0 aliphatic heterocycles. The van der Waals surface area contributed by atoms with E-state index in [1.165, 1.54) is 23.9 Å². The predicted molar refractivity (Wildman–Crippen MR) is 83.0 cm³/mol. The largest absolute Gasteiger partial charge is 0.506 e. The van der Waals surface area contributed by atoms with Gasteiger partial charge in [-0.1, -0.05) is 17.7 Å². The number of aromatic hydroxyl groups is 1. The smallest absolute Gasteiger partial charge is 0.336 e. The molecule has 2 aromatic heterocycles. The molecule has 1 aromatic carbocycles. The Kier molecular flexibility index (Phi) is 3.86. The lowest BCUT2D eigenvalue weighted by molar-refractivity contribution is 0.473. The van der Waals surface area contributed by atoms with Crippen LogP contribution in [0.2, 0.25) is 5.02 Å². The van der Waals surface area contributed by atoms with E-state index in [1.54, 1.807) is 12.3 Å². The van der Waals surface area contributed by atoms with Crippen molar-refractivity contribution in [3.05, 3.63) is 63.6 Å².